The number of imidazole rings is 2. The Bertz CT molecular complexity index is 6890. The molecule has 0 N–H and O–H groups in total. The zero-order valence-electron chi connectivity index (χ0n) is 55.3. The molecule has 470 valence electrons. The van der Waals surface area contributed by atoms with Gasteiger partial charge in [-0.25, -0.2) is 9.97 Å². The van der Waals surface area contributed by atoms with E-state index in [1.807, 2.05) is 0 Å². The minimum Gasteiger partial charge on any atom is -0.292 e. The normalized spacial score (nSPS) is 12.1. The van der Waals surface area contributed by atoms with E-state index in [0.717, 1.165) is 78.5 Å². The minimum atomic E-state index is 0.875. The third-order valence-electron chi connectivity index (χ3n) is 22.0. The maximum atomic E-state index is 5.43. The molecule has 21 aromatic rings. The Balaban J connectivity index is 0.634. The van der Waals surface area contributed by atoms with E-state index in [0.29, 0.717) is 0 Å². The van der Waals surface area contributed by atoms with Crippen molar-refractivity contribution >= 4 is 108 Å². The smallest absolute Gasteiger partial charge is 0.145 e. The lowest BCUT2D eigenvalue weighted by atomic mass is 9.84. The van der Waals surface area contributed by atoms with Crippen LogP contribution in [0.2, 0.25) is 0 Å². The van der Waals surface area contributed by atoms with Crippen molar-refractivity contribution in [2.45, 2.75) is 0 Å². The lowest BCUT2D eigenvalue weighted by molar-refractivity contribution is 1.10. The Morgan fingerprint density at radius 1 is 0.186 bits per heavy atom. The van der Waals surface area contributed by atoms with Crippen LogP contribution < -0.4 is 0 Å². The first kappa shape index (κ1) is 56.5. The number of fused-ring (bicyclic) bond motifs is 9. The summed E-state index contributed by atoms with van der Waals surface area (Å²) in [6.07, 6.45) is 0. The van der Waals surface area contributed by atoms with Gasteiger partial charge in [-0.15, -0.1) is 0 Å². The van der Waals surface area contributed by atoms with Gasteiger partial charge in [0.2, 0.25) is 0 Å². The fraction of sp³-hybridized carbons (Fsp3) is 0. The van der Waals surface area contributed by atoms with Gasteiger partial charge in [0.15, 0.2) is 0 Å². The number of rotatable bonds is 9. The van der Waals surface area contributed by atoms with Gasteiger partial charge in [0.05, 0.1) is 22.1 Å². The molecule has 1 aliphatic carbocycles. The van der Waals surface area contributed by atoms with Crippen molar-refractivity contribution in [1.29, 1.82) is 0 Å². The largest absolute Gasteiger partial charge is 0.292 e. The lowest BCUT2D eigenvalue weighted by Crippen LogP contribution is -1.98. The highest BCUT2D eigenvalue weighted by Gasteiger charge is 2.27. The van der Waals surface area contributed by atoms with Crippen LogP contribution in [-0.4, -0.2) is 19.1 Å². The van der Waals surface area contributed by atoms with E-state index >= 15 is 0 Å². The number of benzene rings is 19. The van der Waals surface area contributed by atoms with Gasteiger partial charge in [0.1, 0.15) is 11.6 Å². The third-order valence-corrected chi connectivity index (χ3v) is 22.0. The van der Waals surface area contributed by atoms with Crippen molar-refractivity contribution in [2.24, 2.45) is 0 Å². The summed E-state index contributed by atoms with van der Waals surface area (Å²) >= 11 is 0. The van der Waals surface area contributed by atoms with Crippen LogP contribution in [0.4, 0.5) is 0 Å². The van der Waals surface area contributed by atoms with Crippen LogP contribution in [0, 0.1) is 0 Å². The number of aromatic nitrogens is 4. The molecule has 102 heavy (non-hydrogen) atoms. The van der Waals surface area contributed by atoms with Crippen LogP contribution in [0.1, 0.15) is 0 Å². The highest BCUT2D eigenvalue weighted by molar-refractivity contribution is 6.29. The molecule has 22 rings (SSSR count). The fourth-order valence-electron chi connectivity index (χ4n) is 17.6. The molecule has 0 bridgehead atoms. The summed E-state index contributed by atoms with van der Waals surface area (Å²) in [5, 5.41) is 20.2. The Morgan fingerprint density at radius 2 is 0.578 bits per heavy atom. The predicted molar refractivity (Wildman–Crippen MR) is 429 cm³/mol. The molecular formula is C98H58N4. The predicted octanol–water partition coefficient (Wildman–Crippen LogP) is 26.3. The Hall–Kier alpha value is -13.5. The van der Waals surface area contributed by atoms with Crippen LogP contribution >= 0.6 is 0 Å². The second-order valence-corrected chi connectivity index (χ2v) is 27.4. The van der Waals surface area contributed by atoms with Crippen molar-refractivity contribution < 1.29 is 0 Å². The van der Waals surface area contributed by atoms with E-state index in [1.54, 1.807) is 0 Å². The molecule has 1 aliphatic rings. The van der Waals surface area contributed by atoms with Crippen molar-refractivity contribution in [3.63, 3.8) is 0 Å². The summed E-state index contributed by atoms with van der Waals surface area (Å²) in [4.78, 5) is 10.9. The van der Waals surface area contributed by atoms with Gasteiger partial charge in [0.25, 0.3) is 0 Å². The van der Waals surface area contributed by atoms with Gasteiger partial charge in [-0.05, 0) is 231 Å². The topological polar surface area (TPSA) is 35.6 Å². The second-order valence-electron chi connectivity index (χ2n) is 27.4. The van der Waals surface area contributed by atoms with Crippen molar-refractivity contribution in [1.82, 2.24) is 19.1 Å². The first-order chi connectivity index (χ1) is 50.6. The standard InChI is InChI=1S/C98H58N4/c1-2-19-63(20-3-1)97-100-87-54-47-65(58-89(87)102(97)71-50-45-62(46-51-71)93-79-31-10-12-33-81(79)96(82-34-13-11-32-80(82)93)85-53-52-84-73-26-5-4-25-72(73)74-35-18-36-83(85)95(74)84)64-23-17-24-68(55-64)98-99-86-37-14-15-38-88(86)101(98)70-48-43-61(44-49-70)92-75-27-6-8-29-77(75)94(78-30-9-7-28-76(78)92)69-56-66-41-39-59-21-16-22-60-40-42-67(57-69)91(66)90(59)60/h1-58H. The number of hydrogen-bond donors (Lipinski definition) is 0. The van der Waals surface area contributed by atoms with Crippen LogP contribution in [0.15, 0.2) is 352 Å². The summed E-state index contributed by atoms with van der Waals surface area (Å²) in [6.45, 7) is 0. The highest BCUT2D eigenvalue weighted by Crippen LogP contribution is 2.53. The molecule has 0 atom stereocenters. The van der Waals surface area contributed by atoms with Crippen LogP contribution in [0.25, 0.3) is 220 Å². The first-order valence-corrected chi connectivity index (χ1v) is 35.2. The quantitative estimate of drug-likeness (QED) is 0.107. The average Bonchev–Trinajstić information content (AvgIpc) is 1.30. The SMILES string of the molecule is c1ccc(-c2nc3ccc(-c4cccc(-c5nc6ccccc6n5-c5ccc(-c6c7ccccc7c(-c7cc8ccc9cccc%10ccc(c7)c8c9%10)c7ccccc67)cc5)c4)cc3n2-c2ccc(-c3c4ccccc4c(-c4ccc5c6c(cccc46)-c4ccccc4-5)c4ccccc34)cc2)cc1. The number of hydrogen-bond acceptors (Lipinski definition) is 2. The molecule has 4 heteroatoms. The first-order valence-electron chi connectivity index (χ1n) is 35.2. The molecule has 0 unspecified atom stereocenters. The third kappa shape index (κ3) is 8.38. The minimum absolute atomic E-state index is 0.875. The van der Waals surface area contributed by atoms with Gasteiger partial charge < -0.3 is 0 Å². The summed E-state index contributed by atoms with van der Waals surface area (Å²) < 4.78 is 4.66. The fourth-order valence-corrected chi connectivity index (χ4v) is 17.6. The molecule has 0 fully saturated rings. The highest BCUT2D eigenvalue weighted by atomic mass is 15.1. The van der Waals surface area contributed by atoms with E-state index in [9.17, 15) is 0 Å². The molecule has 0 radical (unpaired) electrons. The molecule has 0 amide bonds. The monoisotopic (exact) mass is 1290 g/mol. The van der Waals surface area contributed by atoms with Crippen molar-refractivity contribution in [3.05, 3.63) is 352 Å². The van der Waals surface area contributed by atoms with E-state index in [-0.39, 0.29) is 0 Å². The van der Waals surface area contributed by atoms with Gasteiger partial charge in [0, 0.05) is 22.5 Å². The van der Waals surface area contributed by atoms with Crippen LogP contribution in [0.5, 0.6) is 0 Å². The zero-order valence-corrected chi connectivity index (χ0v) is 55.3. The summed E-state index contributed by atoms with van der Waals surface area (Å²) in [7, 11) is 0. The molecule has 0 saturated heterocycles. The second kappa shape index (κ2) is 22.0. The van der Waals surface area contributed by atoms with Gasteiger partial charge in [-0.2, -0.15) is 0 Å². The Morgan fingerprint density at radius 3 is 1.18 bits per heavy atom. The Kier molecular flexibility index (Phi) is 12.2. The van der Waals surface area contributed by atoms with Gasteiger partial charge in [-0.1, -0.05) is 285 Å². The number of nitrogens with zero attached hydrogens (tertiary/aromatic N) is 4. The van der Waals surface area contributed by atoms with E-state index in [1.165, 1.54) is 142 Å². The molecule has 19 aromatic carbocycles. The van der Waals surface area contributed by atoms with Gasteiger partial charge in [-0.3, -0.25) is 9.13 Å². The molecule has 4 nitrogen and oxygen atoms in total. The van der Waals surface area contributed by atoms with E-state index in [2.05, 4.69) is 361 Å². The van der Waals surface area contributed by atoms with Crippen LogP contribution in [-0.2, 0) is 0 Å². The lowest BCUT2D eigenvalue weighted by Gasteiger charge is -2.19. The van der Waals surface area contributed by atoms with Crippen LogP contribution in [0.3, 0.4) is 0 Å². The van der Waals surface area contributed by atoms with Gasteiger partial charge >= 0.3 is 0 Å². The summed E-state index contributed by atoms with van der Waals surface area (Å²) in [6, 6.07) is 130. The Labute approximate surface area is 587 Å². The summed E-state index contributed by atoms with van der Waals surface area (Å²) in [5.41, 5.74) is 25.2. The molecule has 2 heterocycles. The van der Waals surface area contributed by atoms with E-state index in [4.69, 9.17) is 9.97 Å². The maximum absolute atomic E-state index is 5.43. The molecule has 2 aromatic heterocycles. The number of para-hydroxylation sites is 2. The van der Waals surface area contributed by atoms with Crippen molar-refractivity contribution in [2.75, 3.05) is 0 Å². The average molecular weight is 1290 g/mol. The van der Waals surface area contributed by atoms with Crippen molar-refractivity contribution in [3.8, 4) is 112 Å². The van der Waals surface area contributed by atoms with E-state index < -0.39 is 0 Å². The maximum Gasteiger partial charge on any atom is 0.145 e. The molecule has 0 aliphatic heterocycles. The zero-order chi connectivity index (χ0) is 66.7. The molecule has 0 spiro atoms. The molecule has 0 saturated carbocycles. The molecular weight excluding hydrogens is 1230 g/mol. The summed E-state index contributed by atoms with van der Waals surface area (Å²) in [5.74, 6) is 1.76.